The highest BCUT2D eigenvalue weighted by Crippen LogP contribution is 1.95. The standard InChI is InChI=1S/C7H14N2O.C3H9N/c1-6(7(9)10)4-2-3-5-8;1-4(2)3/h4H,2-3,5,8H2,1H3,(H2,9,10);1-3H3. The summed E-state index contributed by atoms with van der Waals surface area (Å²) in [5.41, 5.74) is 10.8. The molecule has 0 fully saturated rings. The van der Waals surface area contributed by atoms with E-state index in [1.54, 1.807) is 6.92 Å². The second kappa shape index (κ2) is 10.2. The minimum absolute atomic E-state index is 0.350. The number of allylic oxidation sites excluding steroid dienone is 1. The first-order valence-corrected chi connectivity index (χ1v) is 4.69. The Kier molecular flexibility index (Phi) is 11.4. The van der Waals surface area contributed by atoms with Crippen molar-refractivity contribution < 1.29 is 4.79 Å². The molecule has 4 N–H and O–H groups in total. The number of rotatable bonds is 4. The van der Waals surface area contributed by atoms with Gasteiger partial charge in [-0.3, -0.25) is 4.79 Å². The summed E-state index contributed by atoms with van der Waals surface area (Å²) in [7, 11) is 6.00. The third-order valence-corrected chi connectivity index (χ3v) is 1.25. The monoisotopic (exact) mass is 201 g/mol. The molecule has 0 aromatic rings. The van der Waals surface area contributed by atoms with Crippen LogP contribution in [0.25, 0.3) is 0 Å². The minimum atomic E-state index is -0.350. The highest BCUT2D eigenvalue weighted by Gasteiger charge is 1.93. The molecule has 84 valence electrons. The van der Waals surface area contributed by atoms with Crippen LogP contribution in [0.2, 0.25) is 0 Å². The van der Waals surface area contributed by atoms with Gasteiger partial charge in [0.25, 0.3) is 0 Å². The second-order valence-corrected chi connectivity index (χ2v) is 3.52. The Bertz CT molecular complexity index is 173. The summed E-state index contributed by atoms with van der Waals surface area (Å²) in [6, 6.07) is 0. The van der Waals surface area contributed by atoms with Crippen LogP contribution < -0.4 is 11.5 Å². The Morgan fingerprint density at radius 2 is 1.79 bits per heavy atom. The average molecular weight is 201 g/mol. The summed E-state index contributed by atoms with van der Waals surface area (Å²) in [4.78, 5) is 12.4. The fraction of sp³-hybridized carbons (Fsp3) is 0.700. The molecule has 4 nitrogen and oxygen atoms in total. The van der Waals surface area contributed by atoms with Gasteiger partial charge < -0.3 is 16.4 Å². The van der Waals surface area contributed by atoms with Crippen molar-refractivity contribution in [2.45, 2.75) is 19.8 Å². The highest BCUT2D eigenvalue weighted by molar-refractivity contribution is 5.91. The van der Waals surface area contributed by atoms with E-state index in [1.165, 1.54) is 0 Å². The van der Waals surface area contributed by atoms with E-state index in [4.69, 9.17) is 11.5 Å². The molecule has 0 aliphatic rings. The fourth-order valence-corrected chi connectivity index (χ4v) is 0.537. The lowest BCUT2D eigenvalue weighted by atomic mass is 10.2. The Morgan fingerprint density at radius 3 is 2.07 bits per heavy atom. The first-order chi connectivity index (χ1) is 6.41. The molecule has 0 aliphatic carbocycles. The van der Waals surface area contributed by atoms with E-state index in [1.807, 2.05) is 32.1 Å². The Hall–Kier alpha value is -0.870. The minimum Gasteiger partial charge on any atom is -0.366 e. The third kappa shape index (κ3) is 17.3. The predicted octanol–water partition coefficient (Wildman–Crippen LogP) is 0.335. The van der Waals surface area contributed by atoms with Crippen molar-refractivity contribution in [3.05, 3.63) is 11.6 Å². The molecule has 0 aromatic heterocycles. The summed E-state index contributed by atoms with van der Waals surface area (Å²) in [6.07, 6.45) is 3.56. The van der Waals surface area contributed by atoms with Crippen LogP contribution in [-0.4, -0.2) is 38.5 Å². The van der Waals surface area contributed by atoms with Crippen LogP contribution in [0, 0.1) is 0 Å². The van der Waals surface area contributed by atoms with E-state index < -0.39 is 0 Å². The molecule has 0 spiro atoms. The van der Waals surface area contributed by atoms with E-state index in [-0.39, 0.29) is 5.91 Å². The molecular formula is C10H23N3O. The maximum absolute atomic E-state index is 10.4. The van der Waals surface area contributed by atoms with Gasteiger partial charge >= 0.3 is 0 Å². The van der Waals surface area contributed by atoms with Crippen molar-refractivity contribution in [2.24, 2.45) is 11.5 Å². The quantitative estimate of drug-likeness (QED) is 0.509. The molecule has 0 bridgehead atoms. The smallest absolute Gasteiger partial charge is 0.244 e. The fourth-order valence-electron chi connectivity index (χ4n) is 0.537. The molecule has 0 aliphatic heterocycles. The van der Waals surface area contributed by atoms with Crippen LogP contribution in [0.4, 0.5) is 0 Å². The number of carbonyl (C=O) groups is 1. The number of amides is 1. The molecule has 0 saturated heterocycles. The Balaban J connectivity index is 0. The van der Waals surface area contributed by atoms with Crippen LogP contribution in [0.1, 0.15) is 19.8 Å². The van der Waals surface area contributed by atoms with Crippen molar-refractivity contribution in [3.8, 4) is 0 Å². The Morgan fingerprint density at radius 1 is 1.36 bits per heavy atom. The molecule has 0 rings (SSSR count). The van der Waals surface area contributed by atoms with E-state index in [0.717, 1.165) is 12.8 Å². The zero-order valence-corrected chi connectivity index (χ0v) is 9.71. The van der Waals surface area contributed by atoms with Gasteiger partial charge in [0.05, 0.1) is 0 Å². The molecule has 1 amide bonds. The van der Waals surface area contributed by atoms with Gasteiger partial charge in [0.1, 0.15) is 0 Å². The molecule has 0 radical (unpaired) electrons. The zero-order chi connectivity index (χ0) is 11.6. The van der Waals surface area contributed by atoms with Crippen LogP contribution in [0.15, 0.2) is 11.6 Å². The van der Waals surface area contributed by atoms with Gasteiger partial charge in [-0.2, -0.15) is 0 Å². The number of carbonyl (C=O) groups excluding carboxylic acids is 1. The number of nitrogens with zero attached hydrogens (tertiary/aromatic N) is 1. The maximum Gasteiger partial charge on any atom is 0.244 e. The van der Waals surface area contributed by atoms with E-state index in [9.17, 15) is 4.79 Å². The average Bonchev–Trinajstić information content (AvgIpc) is 2.03. The lowest BCUT2D eigenvalue weighted by Crippen LogP contribution is -2.11. The van der Waals surface area contributed by atoms with E-state index >= 15 is 0 Å². The van der Waals surface area contributed by atoms with Crippen LogP contribution in [0.5, 0.6) is 0 Å². The summed E-state index contributed by atoms with van der Waals surface area (Å²) in [5.74, 6) is -0.350. The van der Waals surface area contributed by atoms with Gasteiger partial charge in [0, 0.05) is 5.57 Å². The largest absolute Gasteiger partial charge is 0.366 e. The summed E-state index contributed by atoms with van der Waals surface area (Å²) >= 11 is 0. The van der Waals surface area contributed by atoms with Gasteiger partial charge in [-0.05, 0) is 47.5 Å². The molecular weight excluding hydrogens is 178 g/mol. The van der Waals surface area contributed by atoms with Crippen LogP contribution >= 0.6 is 0 Å². The molecule has 0 saturated carbocycles. The van der Waals surface area contributed by atoms with Crippen molar-refractivity contribution in [3.63, 3.8) is 0 Å². The molecule has 0 heterocycles. The van der Waals surface area contributed by atoms with Crippen molar-refractivity contribution in [1.82, 2.24) is 4.90 Å². The number of nitrogens with two attached hydrogens (primary N) is 2. The number of unbranched alkanes of at least 4 members (excludes halogenated alkanes) is 1. The SMILES string of the molecule is CC(=CCCCN)C(N)=O.CN(C)C. The van der Waals surface area contributed by atoms with Crippen molar-refractivity contribution >= 4 is 5.91 Å². The summed E-state index contributed by atoms with van der Waals surface area (Å²) in [5, 5.41) is 0. The van der Waals surface area contributed by atoms with Gasteiger partial charge in [-0.25, -0.2) is 0 Å². The molecule has 0 unspecified atom stereocenters. The molecule has 0 atom stereocenters. The maximum atomic E-state index is 10.4. The van der Waals surface area contributed by atoms with E-state index in [0.29, 0.717) is 12.1 Å². The lowest BCUT2D eigenvalue weighted by Gasteiger charge is -1.92. The normalized spacial score (nSPS) is 10.9. The predicted molar refractivity (Wildman–Crippen MR) is 60.9 cm³/mol. The number of primary amides is 1. The third-order valence-electron chi connectivity index (χ3n) is 1.25. The second-order valence-electron chi connectivity index (χ2n) is 3.52. The number of hydrogen-bond acceptors (Lipinski definition) is 3. The first-order valence-electron chi connectivity index (χ1n) is 4.69. The highest BCUT2D eigenvalue weighted by atomic mass is 16.1. The number of hydrogen-bond donors (Lipinski definition) is 2. The first kappa shape index (κ1) is 15.6. The summed E-state index contributed by atoms with van der Waals surface area (Å²) < 4.78 is 0. The Labute approximate surface area is 86.9 Å². The van der Waals surface area contributed by atoms with Crippen LogP contribution in [-0.2, 0) is 4.79 Å². The van der Waals surface area contributed by atoms with E-state index in [2.05, 4.69) is 0 Å². The topological polar surface area (TPSA) is 72.3 Å². The molecule has 4 heteroatoms. The van der Waals surface area contributed by atoms with Gasteiger partial charge in [-0.15, -0.1) is 0 Å². The van der Waals surface area contributed by atoms with Crippen LogP contribution in [0.3, 0.4) is 0 Å². The van der Waals surface area contributed by atoms with Gasteiger partial charge in [-0.1, -0.05) is 6.08 Å². The lowest BCUT2D eigenvalue weighted by molar-refractivity contribution is -0.114. The summed E-state index contributed by atoms with van der Waals surface area (Å²) in [6.45, 7) is 2.36. The van der Waals surface area contributed by atoms with Crippen molar-refractivity contribution in [1.29, 1.82) is 0 Å². The zero-order valence-electron chi connectivity index (χ0n) is 9.71. The molecule has 14 heavy (non-hydrogen) atoms. The molecule has 0 aromatic carbocycles. The van der Waals surface area contributed by atoms with Gasteiger partial charge in [0.15, 0.2) is 0 Å². The van der Waals surface area contributed by atoms with Crippen molar-refractivity contribution in [2.75, 3.05) is 27.7 Å². The van der Waals surface area contributed by atoms with Gasteiger partial charge in [0.2, 0.25) is 5.91 Å².